The van der Waals surface area contributed by atoms with Crippen molar-refractivity contribution >= 4 is 40.8 Å². The van der Waals surface area contributed by atoms with Crippen LogP contribution in [0.15, 0.2) is 8.68 Å². The summed E-state index contributed by atoms with van der Waals surface area (Å²) in [4.78, 5) is 13.5. The van der Waals surface area contributed by atoms with Crippen LogP contribution in [0.2, 0.25) is 0 Å². The number of nitrogens with zero attached hydrogens (tertiary/aromatic N) is 3. The maximum absolute atomic E-state index is 12.6. The number of likely N-dealkylation sites (tertiary alicyclic amines) is 1. The monoisotopic (exact) mass is 357 g/mol. The molecule has 1 aliphatic rings. The molecule has 118 valence electrons. The summed E-state index contributed by atoms with van der Waals surface area (Å²) in [6.07, 6.45) is -2.26. The highest BCUT2D eigenvalue weighted by molar-refractivity contribution is 8.03. The molecule has 1 aromatic rings. The van der Waals surface area contributed by atoms with Crippen LogP contribution < -0.4 is 0 Å². The molecule has 0 unspecified atom stereocenters. The molecule has 0 radical (unpaired) electrons. The van der Waals surface area contributed by atoms with Gasteiger partial charge >= 0.3 is 6.18 Å². The van der Waals surface area contributed by atoms with E-state index in [0.29, 0.717) is 4.34 Å². The average Bonchev–Trinajstić information content (AvgIpc) is 2.92. The first kappa shape index (κ1) is 16.9. The number of carbonyl (C=O) groups is 1. The summed E-state index contributed by atoms with van der Waals surface area (Å²) in [5, 5.41) is 7.86. The number of halogens is 3. The van der Waals surface area contributed by atoms with Gasteiger partial charge in [0.15, 0.2) is 8.68 Å². The van der Waals surface area contributed by atoms with E-state index in [1.807, 2.05) is 6.26 Å². The van der Waals surface area contributed by atoms with E-state index >= 15 is 0 Å². The second-order valence-corrected chi connectivity index (χ2v) is 7.78. The smallest absolute Gasteiger partial charge is 0.342 e. The lowest BCUT2D eigenvalue weighted by atomic mass is 9.96. The molecule has 21 heavy (non-hydrogen) atoms. The lowest BCUT2D eigenvalue weighted by Crippen LogP contribution is -2.42. The van der Waals surface area contributed by atoms with Crippen LogP contribution in [-0.2, 0) is 4.79 Å². The Bertz CT molecular complexity index is 487. The molecule has 1 aromatic heterocycles. The van der Waals surface area contributed by atoms with Crippen LogP contribution in [0, 0.1) is 5.92 Å². The van der Waals surface area contributed by atoms with Crippen LogP contribution in [0.25, 0.3) is 0 Å². The molecule has 10 heteroatoms. The molecule has 0 bridgehead atoms. The molecule has 2 rings (SSSR count). The minimum absolute atomic E-state index is 0.00463. The maximum Gasteiger partial charge on any atom is 0.391 e. The Kier molecular flexibility index (Phi) is 5.78. The Morgan fingerprint density at radius 2 is 1.95 bits per heavy atom. The van der Waals surface area contributed by atoms with Crippen molar-refractivity contribution in [3.8, 4) is 0 Å². The Hall–Kier alpha value is -0.480. The van der Waals surface area contributed by atoms with Crippen molar-refractivity contribution in [1.29, 1.82) is 0 Å². The Balaban J connectivity index is 1.77. The molecular formula is C11H14F3N3OS3. The van der Waals surface area contributed by atoms with E-state index in [9.17, 15) is 18.0 Å². The number of carbonyl (C=O) groups excluding carboxylic acids is 1. The highest BCUT2D eigenvalue weighted by Gasteiger charge is 2.41. The first-order chi connectivity index (χ1) is 9.90. The highest BCUT2D eigenvalue weighted by atomic mass is 32.2. The van der Waals surface area contributed by atoms with Crippen molar-refractivity contribution in [3.05, 3.63) is 0 Å². The summed E-state index contributed by atoms with van der Waals surface area (Å²) in [6.45, 7) is 0.353. The standard InChI is InChI=1S/C11H14F3N3OS3/c1-19-9-15-16-10(21-9)20-6-8(18)17-4-2-7(3-5-17)11(12,13)14/h7H,2-6H2,1H3. The number of hydrogen-bond donors (Lipinski definition) is 0. The number of piperidine rings is 1. The maximum atomic E-state index is 12.6. The molecule has 0 saturated carbocycles. The third kappa shape index (κ3) is 4.75. The van der Waals surface area contributed by atoms with Gasteiger partial charge in [-0.2, -0.15) is 13.2 Å². The third-order valence-electron chi connectivity index (χ3n) is 3.19. The second-order valence-electron chi connectivity index (χ2n) is 4.52. The predicted octanol–water partition coefficient (Wildman–Crippen LogP) is 3.15. The van der Waals surface area contributed by atoms with Gasteiger partial charge in [0.2, 0.25) is 5.91 Å². The van der Waals surface area contributed by atoms with E-state index in [0.717, 1.165) is 4.34 Å². The number of thioether (sulfide) groups is 2. The van der Waals surface area contributed by atoms with Crippen LogP contribution in [0.1, 0.15) is 12.8 Å². The number of hydrogen-bond acceptors (Lipinski definition) is 6. The molecule has 4 nitrogen and oxygen atoms in total. The Labute approximate surface area is 132 Å². The van der Waals surface area contributed by atoms with Gasteiger partial charge in [0.05, 0.1) is 11.7 Å². The minimum atomic E-state index is -4.15. The van der Waals surface area contributed by atoms with Crippen molar-refractivity contribution in [2.24, 2.45) is 5.92 Å². The van der Waals surface area contributed by atoms with Crippen molar-refractivity contribution in [1.82, 2.24) is 15.1 Å². The van der Waals surface area contributed by atoms with Gasteiger partial charge in [-0.05, 0) is 19.1 Å². The van der Waals surface area contributed by atoms with Gasteiger partial charge in [-0.25, -0.2) is 0 Å². The van der Waals surface area contributed by atoms with E-state index in [1.165, 1.54) is 39.8 Å². The lowest BCUT2D eigenvalue weighted by Gasteiger charge is -2.32. The molecule has 0 atom stereocenters. The molecule has 1 saturated heterocycles. The fourth-order valence-corrected chi connectivity index (χ4v) is 4.35. The molecule has 2 heterocycles. The van der Waals surface area contributed by atoms with E-state index in [4.69, 9.17) is 0 Å². The van der Waals surface area contributed by atoms with Crippen LogP contribution in [0.4, 0.5) is 13.2 Å². The van der Waals surface area contributed by atoms with Crippen LogP contribution >= 0.6 is 34.9 Å². The van der Waals surface area contributed by atoms with E-state index in [2.05, 4.69) is 10.2 Å². The SMILES string of the molecule is CSc1nnc(SCC(=O)N2CCC(C(F)(F)F)CC2)s1. The zero-order chi connectivity index (χ0) is 15.5. The molecule has 0 N–H and O–H groups in total. The van der Waals surface area contributed by atoms with Crippen molar-refractivity contribution in [2.45, 2.75) is 27.7 Å². The van der Waals surface area contributed by atoms with Gasteiger partial charge in [0.1, 0.15) is 0 Å². The largest absolute Gasteiger partial charge is 0.391 e. The van der Waals surface area contributed by atoms with Crippen LogP contribution in [0.3, 0.4) is 0 Å². The summed E-state index contributed by atoms with van der Waals surface area (Å²) in [6, 6.07) is 0. The molecule has 0 aromatic carbocycles. The Morgan fingerprint density at radius 3 is 2.48 bits per heavy atom. The zero-order valence-electron chi connectivity index (χ0n) is 11.2. The predicted molar refractivity (Wildman–Crippen MR) is 77.8 cm³/mol. The highest BCUT2D eigenvalue weighted by Crippen LogP contribution is 2.34. The first-order valence-corrected chi connectivity index (χ1v) is 9.27. The van der Waals surface area contributed by atoms with Gasteiger partial charge < -0.3 is 4.90 Å². The molecule has 0 spiro atoms. The summed E-state index contributed by atoms with van der Waals surface area (Å²) in [5.74, 6) is -1.22. The van der Waals surface area contributed by atoms with Crippen molar-refractivity contribution < 1.29 is 18.0 Å². The average molecular weight is 357 g/mol. The topological polar surface area (TPSA) is 46.1 Å². The van der Waals surface area contributed by atoms with Crippen LogP contribution in [0.5, 0.6) is 0 Å². The summed E-state index contributed by atoms with van der Waals surface area (Å²) in [5.41, 5.74) is 0. The number of rotatable bonds is 4. The summed E-state index contributed by atoms with van der Waals surface area (Å²) >= 11 is 4.18. The van der Waals surface area contributed by atoms with Crippen molar-refractivity contribution in [2.75, 3.05) is 25.1 Å². The third-order valence-corrected chi connectivity index (χ3v) is 6.21. The van der Waals surface area contributed by atoms with Gasteiger partial charge in [-0.3, -0.25) is 4.79 Å². The van der Waals surface area contributed by atoms with Gasteiger partial charge in [-0.15, -0.1) is 10.2 Å². The van der Waals surface area contributed by atoms with Gasteiger partial charge in [0, 0.05) is 13.1 Å². The minimum Gasteiger partial charge on any atom is -0.342 e. The summed E-state index contributed by atoms with van der Waals surface area (Å²) < 4.78 is 39.2. The fraction of sp³-hybridized carbons (Fsp3) is 0.727. The lowest BCUT2D eigenvalue weighted by molar-refractivity contribution is -0.186. The molecular weight excluding hydrogens is 343 g/mol. The van der Waals surface area contributed by atoms with Crippen molar-refractivity contribution in [3.63, 3.8) is 0 Å². The van der Waals surface area contributed by atoms with Crippen LogP contribution in [-0.4, -0.2) is 52.3 Å². The van der Waals surface area contributed by atoms with Gasteiger partial charge in [0.25, 0.3) is 0 Å². The molecule has 1 amide bonds. The zero-order valence-corrected chi connectivity index (χ0v) is 13.7. The van der Waals surface area contributed by atoms with E-state index < -0.39 is 12.1 Å². The summed E-state index contributed by atoms with van der Waals surface area (Å²) in [7, 11) is 0. The van der Waals surface area contributed by atoms with E-state index in [-0.39, 0.29) is 37.6 Å². The Morgan fingerprint density at radius 1 is 1.33 bits per heavy atom. The quantitative estimate of drug-likeness (QED) is 0.775. The first-order valence-electron chi connectivity index (χ1n) is 6.25. The molecule has 1 aliphatic heterocycles. The molecule has 0 aliphatic carbocycles. The second kappa shape index (κ2) is 7.19. The fourth-order valence-electron chi connectivity index (χ4n) is 2.01. The molecule has 1 fully saturated rings. The van der Waals surface area contributed by atoms with E-state index in [1.54, 1.807) is 0 Å². The number of aromatic nitrogens is 2. The van der Waals surface area contributed by atoms with Gasteiger partial charge in [-0.1, -0.05) is 34.9 Å². The number of amides is 1. The normalized spacial score (nSPS) is 17.2. The number of alkyl halides is 3.